The van der Waals surface area contributed by atoms with Crippen molar-refractivity contribution < 1.29 is 13.9 Å². The molecule has 2 atom stereocenters. The van der Waals surface area contributed by atoms with Crippen molar-refractivity contribution in [2.45, 2.75) is 25.5 Å². The van der Waals surface area contributed by atoms with Crippen LogP contribution in [0.3, 0.4) is 0 Å². The van der Waals surface area contributed by atoms with Gasteiger partial charge in [-0.05, 0) is 36.7 Å². The normalized spacial score (nSPS) is 18.9. The molecule has 1 aliphatic rings. The highest BCUT2D eigenvalue weighted by Crippen LogP contribution is 2.34. The summed E-state index contributed by atoms with van der Waals surface area (Å²) < 4.78 is 27.1. The third kappa shape index (κ3) is 3.85. The number of aromatic nitrogens is 3. The largest absolute Gasteiger partial charge is 0.462 e. The molecule has 0 bridgehead atoms. The fourth-order valence-corrected chi connectivity index (χ4v) is 4.60. The zero-order chi connectivity index (χ0) is 23.1. The summed E-state index contributed by atoms with van der Waals surface area (Å²) in [4.78, 5) is 15.2. The van der Waals surface area contributed by atoms with Gasteiger partial charge in [-0.1, -0.05) is 36.4 Å². The Hall–Kier alpha value is -3.36. The molecule has 1 fully saturated rings. The van der Waals surface area contributed by atoms with Gasteiger partial charge in [0.15, 0.2) is 5.82 Å². The van der Waals surface area contributed by atoms with Crippen molar-refractivity contribution in [3.05, 3.63) is 54.0 Å². The average Bonchev–Trinajstić information content (AvgIpc) is 3.18. The number of methoxy groups -OCH3 is 1. The van der Waals surface area contributed by atoms with Crippen LogP contribution in [-0.4, -0.2) is 59.3 Å². The van der Waals surface area contributed by atoms with Crippen molar-refractivity contribution in [3.8, 4) is 17.3 Å². The van der Waals surface area contributed by atoms with Crippen LogP contribution in [0.2, 0.25) is 0 Å². The van der Waals surface area contributed by atoms with Crippen LogP contribution in [0.15, 0.2) is 42.6 Å². The fraction of sp³-hybridized carbons (Fsp3) is 0.320. The first-order valence-corrected chi connectivity index (χ1v) is 10.9. The Morgan fingerprint density at radius 2 is 1.97 bits per heavy atom. The number of nitrogens with two attached hydrogens (primary N) is 1. The van der Waals surface area contributed by atoms with E-state index in [4.69, 9.17) is 15.2 Å². The minimum atomic E-state index is -0.542. The van der Waals surface area contributed by atoms with Gasteiger partial charge in [0.1, 0.15) is 23.6 Å². The van der Waals surface area contributed by atoms with E-state index >= 15 is 4.39 Å². The number of pyridine rings is 1. The number of benzene rings is 2. The highest BCUT2D eigenvalue weighted by molar-refractivity contribution is 6.00. The Bertz CT molecular complexity index is 1340. The molecule has 3 heterocycles. The minimum Gasteiger partial charge on any atom is -0.462 e. The molecule has 0 spiro atoms. The first kappa shape index (κ1) is 21.5. The van der Waals surface area contributed by atoms with Crippen LogP contribution in [-0.2, 0) is 4.74 Å². The average molecular weight is 448 g/mol. The van der Waals surface area contributed by atoms with E-state index in [-0.39, 0.29) is 35.2 Å². The molecular weight excluding hydrogens is 421 g/mol. The number of halogens is 1. The molecule has 0 saturated carbocycles. The van der Waals surface area contributed by atoms with Gasteiger partial charge in [-0.2, -0.15) is 9.97 Å². The van der Waals surface area contributed by atoms with Gasteiger partial charge < -0.3 is 15.2 Å². The van der Waals surface area contributed by atoms with E-state index in [9.17, 15) is 0 Å². The van der Waals surface area contributed by atoms with Crippen molar-refractivity contribution in [1.29, 1.82) is 0 Å². The van der Waals surface area contributed by atoms with E-state index in [1.165, 1.54) is 6.20 Å². The molecule has 2 aromatic carbocycles. The Morgan fingerprint density at radius 3 is 2.73 bits per heavy atom. The predicted molar refractivity (Wildman–Crippen MR) is 127 cm³/mol. The lowest BCUT2D eigenvalue weighted by atomic mass is 9.97. The Morgan fingerprint density at radius 1 is 1.18 bits per heavy atom. The van der Waals surface area contributed by atoms with E-state index in [0.717, 1.165) is 29.3 Å². The lowest BCUT2D eigenvalue weighted by Crippen LogP contribution is -2.31. The van der Waals surface area contributed by atoms with E-state index in [0.29, 0.717) is 17.6 Å². The molecule has 4 aromatic rings. The topological polar surface area (TPSA) is 86.4 Å². The lowest BCUT2D eigenvalue weighted by Gasteiger charge is -2.18. The van der Waals surface area contributed by atoms with Gasteiger partial charge >= 0.3 is 6.01 Å². The summed E-state index contributed by atoms with van der Waals surface area (Å²) in [6, 6.07) is 12.0. The molecular formula is C25H26FN5O2. The molecule has 0 unspecified atom stereocenters. The van der Waals surface area contributed by atoms with Gasteiger partial charge in [0, 0.05) is 31.5 Å². The SMILES string of the molecule is CO[C@@H]1C[C@@H](COc2nc(N)c3cnc(-c4cccc5cccc(C)c45)c(F)c3n2)N(C)C1. The zero-order valence-corrected chi connectivity index (χ0v) is 18.9. The van der Waals surface area contributed by atoms with Crippen LogP contribution in [0.4, 0.5) is 10.2 Å². The molecule has 170 valence electrons. The second-order valence-electron chi connectivity index (χ2n) is 8.55. The predicted octanol–water partition coefficient (Wildman–Crippen LogP) is 3.97. The van der Waals surface area contributed by atoms with Crippen LogP contribution in [0.5, 0.6) is 6.01 Å². The van der Waals surface area contributed by atoms with Crippen molar-refractivity contribution in [2.75, 3.05) is 33.0 Å². The summed E-state index contributed by atoms with van der Waals surface area (Å²) in [6.07, 6.45) is 2.54. The van der Waals surface area contributed by atoms with Crippen LogP contribution in [0.25, 0.3) is 32.9 Å². The highest BCUT2D eigenvalue weighted by atomic mass is 19.1. The highest BCUT2D eigenvalue weighted by Gasteiger charge is 2.30. The number of aryl methyl sites for hydroxylation is 1. The number of rotatable bonds is 5. The molecule has 1 aliphatic heterocycles. The standard InChI is InChI=1S/C25H26FN5O2/c1-14-6-4-7-15-8-5-9-18(20(14)15)22-21(26)23-19(11-28-22)24(27)30-25(29-23)33-13-16-10-17(32-3)12-31(16)2/h4-9,11,16-17H,10,12-13H2,1-3H3,(H2,27,29,30)/t16-,17+/m0/s1. The minimum absolute atomic E-state index is 0.0550. The molecule has 0 aliphatic carbocycles. The third-order valence-electron chi connectivity index (χ3n) is 6.45. The second kappa shape index (κ2) is 8.53. The molecule has 33 heavy (non-hydrogen) atoms. The third-order valence-corrected chi connectivity index (χ3v) is 6.45. The maximum Gasteiger partial charge on any atom is 0.319 e. The summed E-state index contributed by atoms with van der Waals surface area (Å²) >= 11 is 0. The van der Waals surface area contributed by atoms with Gasteiger partial charge in [0.25, 0.3) is 0 Å². The maximum absolute atomic E-state index is 15.8. The Balaban J connectivity index is 1.53. The zero-order valence-electron chi connectivity index (χ0n) is 18.9. The second-order valence-corrected chi connectivity index (χ2v) is 8.55. The monoisotopic (exact) mass is 447 g/mol. The van der Waals surface area contributed by atoms with E-state index in [1.54, 1.807) is 7.11 Å². The molecule has 2 N–H and O–H groups in total. The first-order chi connectivity index (χ1) is 16.0. The van der Waals surface area contributed by atoms with Gasteiger partial charge in [-0.25, -0.2) is 4.39 Å². The van der Waals surface area contributed by atoms with Crippen LogP contribution in [0, 0.1) is 12.7 Å². The number of nitrogens with zero attached hydrogens (tertiary/aromatic N) is 4. The summed E-state index contributed by atoms with van der Waals surface area (Å²) in [5, 5.41) is 2.34. The van der Waals surface area contributed by atoms with E-state index in [1.807, 2.05) is 50.4 Å². The Labute approximate surface area is 191 Å². The van der Waals surface area contributed by atoms with Crippen molar-refractivity contribution in [3.63, 3.8) is 0 Å². The fourth-order valence-electron chi connectivity index (χ4n) is 4.60. The van der Waals surface area contributed by atoms with Crippen LogP contribution in [0.1, 0.15) is 12.0 Å². The number of nitrogen functional groups attached to an aromatic ring is 1. The van der Waals surface area contributed by atoms with Crippen molar-refractivity contribution in [2.24, 2.45) is 0 Å². The van der Waals surface area contributed by atoms with Gasteiger partial charge in [0.2, 0.25) is 0 Å². The number of hydrogen-bond donors (Lipinski definition) is 1. The van der Waals surface area contributed by atoms with Crippen molar-refractivity contribution >= 4 is 27.5 Å². The summed E-state index contributed by atoms with van der Waals surface area (Å²) in [6.45, 7) is 3.20. The number of likely N-dealkylation sites (tertiary alicyclic amines) is 1. The number of likely N-dealkylation sites (N-methyl/N-ethyl adjacent to an activating group) is 1. The molecule has 5 rings (SSSR count). The number of anilines is 1. The molecule has 1 saturated heterocycles. The quantitative estimate of drug-likeness (QED) is 0.495. The van der Waals surface area contributed by atoms with Gasteiger partial charge in [-0.15, -0.1) is 0 Å². The molecule has 2 aromatic heterocycles. The smallest absolute Gasteiger partial charge is 0.319 e. The molecule has 8 heteroatoms. The van der Waals surface area contributed by atoms with Crippen molar-refractivity contribution in [1.82, 2.24) is 19.9 Å². The number of hydrogen-bond acceptors (Lipinski definition) is 7. The summed E-state index contributed by atoms with van der Waals surface area (Å²) in [5.74, 6) is -0.406. The summed E-state index contributed by atoms with van der Waals surface area (Å²) in [5.41, 5.74) is 8.20. The van der Waals surface area contributed by atoms with E-state index < -0.39 is 5.82 Å². The maximum atomic E-state index is 15.8. The molecule has 0 radical (unpaired) electrons. The first-order valence-electron chi connectivity index (χ1n) is 10.9. The van der Waals surface area contributed by atoms with Crippen LogP contribution >= 0.6 is 0 Å². The van der Waals surface area contributed by atoms with Gasteiger partial charge in [0.05, 0.1) is 11.5 Å². The van der Waals surface area contributed by atoms with Crippen LogP contribution < -0.4 is 10.5 Å². The van der Waals surface area contributed by atoms with Gasteiger partial charge in [-0.3, -0.25) is 9.88 Å². The molecule has 7 nitrogen and oxygen atoms in total. The Kier molecular flexibility index (Phi) is 5.55. The summed E-state index contributed by atoms with van der Waals surface area (Å²) in [7, 11) is 3.73. The lowest BCUT2D eigenvalue weighted by molar-refractivity contribution is 0.111. The number of fused-ring (bicyclic) bond motifs is 2. The molecule has 0 amide bonds. The van der Waals surface area contributed by atoms with E-state index in [2.05, 4.69) is 19.9 Å². The number of ether oxygens (including phenoxy) is 2.